The summed E-state index contributed by atoms with van der Waals surface area (Å²) in [6.45, 7) is 0.653. The summed E-state index contributed by atoms with van der Waals surface area (Å²) in [5.41, 5.74) is 7.80. The number of rotatable bonds is 3. The van der Waals surface area contributed by atoms with Crippen LogP contribution in [0, 0.1) is 0 Å². The molecule has 96 valence electrons. The van der Waals surface area contributed by atoms with E-state index in [0.29, 0.717) is 6.54 Å². The van der Waals surface area contributed by atoms with Crippen molar-refractivity contribution in [3.05, 3.63) is 35.8 Å². The van der Waals surface area contributed by atoms with E-state index in [1.54, 1.807) is 18.3 Å². The number of hydrazine groups is 1. The second-order valence-electron chi connectivity index (χ2n) is 3.80. The van der Waals surface area contributed by atoms with Gasteiger partial charge in [0.25, 0.3) is 5.91 Å². The summed E-state index contributed by atoms with van der Waals surface area (Å²) in [6.07, 6.45) is 3.26. The Balaban J connectivity index is 2.27. The Morgan fingerprint density at radius 2 is 2.28 bits per heavy atom. The van der Waals surface area contributed by atoms with E-state index in [9.17, 15) is 9.00 Å². The molecule has 1 aliphatic heterocycles. The number of pyridine rings is 1. The zero-order valence-corrected chi connectivity index (χ0v) is 11.0. The van der Waals surface area contributed by atoms with Gasteiger partial charge in [-0.25, -0.2) is 14.6 Å². The van der Waals surface area contributed by atoms with Crippen molar-refractivity contribution < 1.29 is 9.00 Å². The summed E-state index contributed by atoms with van der Waals surface area (Å²) >= 11 is 0. The number of nitrogens with zero attached hydrogens (tertiary/aromatic N) is 2. The van der Waals surface area contributed by atoms with Gasteiger partial charge in [0.05, 0.1) is 5.69 Å². The van der Waals surface area contributed by atoms with Gasteiger partial charge in [0, 0.05) is 31.6 Å². The van der Waals surface area contributed by atoms with Gasteiger partial charge in [-0.15, -0.1) is 0 Å². The third kappa shape index (κ3) is 2.57. The molecule has 1 atom stereocenters. The van der Waals surface area contributed by atoms with Crippen molar-refractivity contribution in [3.8, 4) is 0 Å². The first-order valence-corrected chi connectivity index (χ1v) is 6.87. The van der Waals surface area contributed by atoms with Crippen LogP contribution in [0.2, 0.25) is 0 Å². The average Bonchev–Trinajstić information content (AvgIpc) is 2.91. The maximum Gasteiger partial charge on any atom is 0.283 e. The predicted octanol–water partition coefficient (Wildman–Crippen LogP) is -0.104. The molecule has 2 rings (SSSR count). The van der Waals surface area contributed by atoms with E-state index in [2.05, 4.69) is 15.8 Å². The highest BCUT2D eigenvalue weighted by Gasteiger charge is 2.17. The summed E-state index contributed by atoms with van der Waals surface area (Å²) in [5.74, 6) is -0.350. The molecule has 0 aromatic carbocycles. The molecule has 0 fully saturated rings. The van der Waals surface area contributed by atoms with Crippen LogP contribution in [0.25, 0.3) is 5.57 Å². The first-order chi connectivity index (χ1) is 8.59. The molecule has 0 radical (unpaired) electrons. The maximum absolute atomic E-state index is 12.0. The van der Waals surface area contributed by atoms with Crippen molar-refractivity contribution in [3.63, 3.8) is 0 Å². The van der Waals surface area contributed by atoms with Crippen LogP contribution in [0.5, 0.6) is 0 Å². The number of hydrogen-bond donors (Lipinski definition) is 2. The fraction of sp³-hybridized carbons (Fsp3) is 0.273. The lowest BCUT2D eigenvalue weighted by Crippen LogP contribution is -2.28. The molecule has 1 aromatic rings. The fourth-order valence-corrected chi connectivity index (χ4v) is 1.84. The highest BCUT2D eigenvalue weighted by Crippen LogP contribution is 2.13. The molecular weight excluding hydrogens is 252 g/mol. The monoisotopic (exact) mass is 266 g/mol. The Labute approximate surface area is 108 Å². The van der Waals surface area contributed by atoms with E-state index in [1.165, 1.54) is 13.3 Å². The summed E-state index contributed by atoms with van der Waals surface area (Å²) < 4.78 is 12.4. The van der Waals surface area contributed by atoms with Gasteiger partial charge >= 0.3 is 0 Å². The van der Waals surface area contributed by atoms with Crippen LogP contribution >= 0.6 is 0 Å². The molecule has 2 N–H and O–H groups in total. The smallest absolute Gasteiger partial charge is 0.283 e. The molecular formula is C11H14N4O2S. The van der Waals surface area contributed by atoms with E-state index >= 15 is 0 Å². The van der Waals surface area contributed by atoms with Gasteiger partial charge in [0.2, 0.25) is 0 Å². The summed E-state index contributed by atoms with van der Waals surface area (Å²) in [4.78, 5) is 16.3. The molecule has 1 aliphatic rings. The van der Waals surface area contributed by atoms with E-state index in [-0.39, 0.29) is 11.6 Å². The van der Waals surface area contributed by atoms with Gasteiger partial charge in [-0.2, -0.15) is 0 Å². The molecule has 0 bridgehead atoms. The molecule has 0 spiro atoms. The highest BCUT2D eigenvalue weighted by atomic mass is 32.2. The predicted molar refractivity (Wildman–Crippen MR) is 69.5 cm³/mol. The molecule has 1 amide bonds. The normalized spacial score (nSPS) is 15.8. The molecule has 7 heteroatoms. The summed E-state index contributed by atoms with van der Waals surface area (Å²) in [6, 6.07) is 5.22. The van der Waals surface area contributed by atoms with Gasteiger partial charge in [0.15, 0.2) is 0 Å². The molecule has 1 aromatic heterocycles. The van der Waals surface area contributed by atoms with Crippen LogP contribution in [0.1, 0.15) is 16.2 Å². The molecule has 6 nitrogen and oxygen atoms in total. The summed E-state index contributed by atoms with van der Waals surface area (Å²) in [7, 11) is 0.146. The van der Waals surface area contributed by atoms with Crippen LogP contribution in [0.3, 0.4) is 0 Å². The number of carbonyl (C=O) groups excluding carboxylic acids is 1. The Bertz CT molecular complexity index is 530. The van der Waals surface area contributed by atoms with Crippen molar-refractivity contribution >= 4 is 22.5 Å². The van der Waals surface area contributed by atoms with Crippen LogP contribution in [0.4, 0.5) is 0 Å². The first kappa shape index (κ1) is 12.7. The Morgan fingerprint density at radius 3 is 2.89 bits per heavy atom. The van der Waals surface area contributed by atoms with Crippen molar-refractivity contribution in [1.82, 2.24) is 20.1 Å². The zero-order valence-electron chi connectivity index (χ0n) is 10.1. The first-order valence-electron chi connectivity index (χ1n) is 5.36. The van der Waals surface area contributed by atoms with Gasteiger partial charge in [-0.05, 0) is 12.1 Å². The molecule has 0 aliphatic carbocycles. The SMILES string of the molecule is CN(C(=O)c1cccc(C2=CNNC2)n1)S(C)=O. The maximum atomic E-state index is 12.0. The minimum Gasteiger partial charge on any atom is -0.328 e. The number of amides is 1. The fourth-order valence-electron chi connectivity index (χ4n) is 1.51. The second kappa shape index (κ2) is 5.28. The average molecular weight is 266 g/mol. The Hall–Kier alpha value is -1.73. The standard InChI is InChI=1S/C11H14N4O2S/c1-15(18(2)17)11(16)10-5-3-4-9(14-10)8-6-12-13-7-8/h3-6,12-13H,7H2,1-2H3. The number of aromatic nitrogens is 1. The number of nitrogens with one attached hydrogen (secondary N) is 2. The topological polar surface area (TPSA) is 74.3 Å². The van der Waals surface area contributed by atoms with Crippen LogP contribution < -0.4 is 10.9 Å². The lowest BCUT2D eigenvalue weighted by molar-refractivity contribution is 0.0882. The van der Waals surface area contributed by atoms with E-state index in [1.807, 2.05) is 6.07 Å². The van der Waals surface area contributed by atoms with Gasteiger partial charge < -0.3 is 5.43 Å². The van der Waals surface area contributed by atoms with Crippen LogP contribution in [-0.2, 0) is 11.0 Å². The molecule has 18 heavy (non-hydrogen) atoms. The molecule has 1 unspecified atom stereocenters. The Kier molecular flexibility index (Phi) is 3.73. The number of hydrogen-bond acceptors (Lipinski definition) is 5. The quantitative estimate of drug-likeness (QED) is 0.799. The minimum absolute atomic E-state index is 0.290. The third-order valence-corrected chi connectivity index (χ3v) is 3.53. The van der Waals surface area contributed by atoms with Crippen molar-refractivity contribution in [1.29, 1.82) is 0 Å². The van der Waals surface area contributed by atoms with Gasteiger partial charge in [-0.3, -0.25) is 9.10 Å². The van der Waals surface area contributed by atoms with E-state index < -0.39 is 11.0 Å². The molecule has 2 heterocycles. The van der Waals surface area contributed by atoms with E-state index in [0.717, 1.165) is 15.6 Å². The Morgan fingerprint density at radius 1 is 1.50 bits per heavy atom. The van der Waals surface area contributed by atoms with Gasteiger partial charge in [0.1, 0.15) is 16.7 Å². The highest BCUT2D eigenvalue weighted by molar-refractivity contribution is 7.82. The largest absolute Gasteiger partial charge is 0.328 e. The van der Waals surface area contributed by atoms with Crippen molar-refractivity contribution in [2.45, 2.75) is 0 Å². The molecule has 0 saturated carbocycles. The van der Waals surface area contributed by atoms with Crippen molar-refractivity contribution in [2.24, 2.45) is 0 Å². The second-order valence-corrected chi connectivity index (χ2v) is 5.20. The lowest BCUT2D eigenvalue weighted by Gasteiger charge is -2.13. The van der Waals surface area contributed by atoms with Crippen LogP contribution in [-0.4, -0.2) is 39.3 Å². The molecule has 0 saturated heterocycles. The van der Waals surface area contributed by atoms with E-state index in [4.69, 9.17) is 0 Å². The number of carbonyl (C=O) groups is 1. The lowest BCUT2D eigenvalue weighted by atomic mass is 10.2. The van der Waals surface area contributed by atoms with Gasteiger partial charge in [-0.1, -0.05) is 6.07 Å². The zero-order chi connectivity index (χ0) is 13.1. The minimum atomic E-state index is -1.34. The van der Waals surface area contributed by atoms with Crippen molar-refractivity contribution in [2.75, 3.05) is 19.8 Å². The van der Waals surface area contributed by atoms with Crippen LogP contribution in [0.15, 0.2) is 24.4 Å². The summed E-state index contributed by atoms with van der Waals surface area (Å²) in [5, 5.41) is 0. The third-order valence-electron chi connectivity index (χ3n) is 2.60.